The van der Waals surface area contributed by atoms with Crippen LogP contribution in [-0.4, -0.2) is 13.2 Å². The summed E-state index contributed by atoms with van der Waals surface area (Å²) in [5, 5.41) is 0. The summed E-state index contributed by atoms with van der Waals surface area (Å²) < 4.78 is 5.54. The number of hydrogen-bond acceptors (Lipinski definition) is 1. The lowest BCUT2D eigenvalue weighted by atomic mass is 9.75. The molecule has 12 heavy (non-hydrogen) atoms. The molecule has 0 aromatic rings. The van der Waals surface area contributed by atoms with Gasteiger partial charge in [0.2, 0.25) is 0 Å². The highest BCUT2D eigenvalue weighted by atomic mass is 16.5. The van der Waals surface area contributed by atoms with Crippen LogP contribution in [0.4, 0.5) is 0 Å². The van der Waals surface area contributed by atoms with Crippen LogP contribution in [0.15, 0.2) is 0 Å². The molecule has 0 amide bonds. The second-order valence-electron chi connectivity index (χ2n) is 4.60. The number of ether oxygens (including phenoxy) is 1. The normalized spacial score (nSPS) is 37.2. The Bertz CT molecular complexity index is 131. The predicted octanol–water partition coefficient (Wildman–Crippen LogP) is 3.09. The fourth-order valence-corrected chi connectivity index (χ4v) is 2.39. The lowest BCUT2D eigenvalue weighted by Gasteiger charge is -2.36. The van der Waals surface area contributed by atoms with E-state index in [1.54, 1.807) is 0 Å². The average molecular weight is 170 g/mol. The Morgan fingerprint density at radius 2 is 1.92 bits per heavy atom. The van der Waals surface area contributed by atoms with Gasteiger partial charge in [0.05, 0.1) is 6.10 Å². The van der Waals surface area contributed by atoms with Crippen LogP contribution in [-0.2, 0) is 4.74 Å². The Morgan fingerprint density at radius 1 is 1.25 bits per heavy atom. The van der Waals surface area contributed by atoms with Crippen LogP contribution in [0.3, 0.4) is 0 Å². The monoisotopic (exact) mass is 170 g/mol. The smallest absolute Gasteiger partial charge is 0.0604 e. The van der Waals surface area contributed by atoms with E-state index >= 15 is 0 Å². The predicted molar refractivity (Wildman–Crippen MR) is 52.1 cm³/mol. The molecule has 0 aromatic carbocycles. The zero-order chi connectivity index (χ0) is 9.14. The molecule has 1 aliphatic carbocycles. The van der Waals surface area contributed by atoms with E-state index in [9.17, 15) is 0 Å². The largest absolute Gasteiger partial charge is 0.381 e. The first kappa shape index (κ1) is 10.0. The van der Waals surface area contributed by atoms with E-state index in [1.807, 2.05) is 7.11 Å². The molecule has 3 atom stereocenters. The lowest BCUT2D eigenvalue weighted by Crippen LogP contribution is -2.33. The molecule has 1 rings (SSSR count). The standard InChI is InChI=1S/C11H22O/c1-8(2)10-6-5-9(3)7-11(10)12-4/h8-11H,5-7H2,1-4H3/t9?,10-,11+/m0/s1. The topological polar surface area (TPSA) is 9.23 Å². The number of rotatable bonds is 2. The van der Waals surface area contributed by atoms with Gasteiger partial charge in [-0.3, -0.25) is 0 Å². The summed E-state index contributed by atoms with van der Waals surface area (Å²) in [4.78, 5) is 0. The molecule has 72 valence electrons. The molecule has 1 unspecified atom stereocenters. The van der Waals surface area contributed by atoms with Crippen molar-refractivity contribution in [3.63, 3.8) is 0 Å². The van der Waals surface area contributed by atoms with Crippen LogP contribution in [0.25, 0.3) is 0 Å². The van der Waals surface area contributed by atoms with Crippen molar-refractivity contribution in [3.8, 4) is 0 Å². The highest BCUT2D eigenvalue weighted by Gasteiger charge is 2.30. The summed E-state index contributed by atoms with van der Waals surface area (Å²) in [6.45, 7) is 6.96. The van der Waals surface area contributed by atoms with Crippen molar-refractivity contribution in [2.75, 3.05) is 7.11 Å². The van der Waals surface area contributed by atoms with Gasteiger partial charge in [-0.15, -0.1) is 0 Å². The molecular formula is C11H22O. The molecule has 0 saturated heterocycles. The van der Waals surface area contributed by atoms with Crippen LogP contribution in [0, 0.1) is 17.8 Å². The van der Waals surface area contributed by atoms with Crippen LogP contribution in [0.1, 0.15) is 40.0 Å². The van der Waals surface area contributed by atoms with Gasteiger partial charge in [0.15, 0.2) is 0 Å². The van der Waals surface area contributed by atoms with Crippen molar-refractivity contribution >= 4 is 0 Å². The second-order valence-corrected chi connectivity index (χ2v) is 4.60. The fourth-order valence-electron chi connectivity index (χ4n) is 2.39. The minimum absolute atomic E-state index is 0.522. The Balaban J connectivity index is 2.50. The number of hydrogen-bond donors (Lipinski definition) is 0. The van der Waals surface area contributed by atoms with Gasteiger partial charge in [0, 0.05) is 7.11 Å². The molecule has 0 radical (unpaired) electrons. The Morgan fingerprint density at radius 3 is 2.42 bits per heavy atom. The Labute approximate surface area is 76.5 Å². The molecule has 0 heterocycles. The summed E-state index contributed by atoms with van der Waals surface area (Å²) in [7, 11) is 1.86. The minimum Gasteiger partial charge on any atom is -0.381 e. The molecule has 1 heteroatoms. The van der Waals surface area contributed by atoms with E-state index in [0.29, 0.717) is 6.10 Å². The van der Waals surface area contributed by atoms with Crippen molar-refractivity contribution in [3.05, 3.63) is 0 Å². The summed E-state index contributed by atoms with van der Waals surface area (Å²) in [5.74, 6) is 2.44. The summed E-state index contributed by atoms with van der Waals surface area (Å²) in [6.07, 6.45) is 4.54. The van der Waals surface area contributed by atoms with E-state index in [0.717, 1.165) is 17.8 Å². The third-order valence-corrected chi connectivity index (χ3v) is 3.26. The second kappa shape index (κ2) is 4.27. The maximum absolute atomic E-state index is 5.54. The van der Waals surface area contributed by atoms with Crippen LogP contribution < -0.4 is 0 Å². The van der Waals surface area contributed by atoms with Gasteiger partial charge in [-0.1, -0.05) is 27.2 Å². The van der Waals surface area contributed by atoms with Gasteiger partial charge < -0.3 is 4.74 Å². The van der Waals surface area contributed by atoms with Crippen molar-refractivity contribution in [1.29, 1.82) is 0 Å². The average Bonchev–Trinajstić information content (AvgIpc) is 2.03. The number of methoxy groups -OCH3 is 1. The quantitative estimate of drug-likeness (QED) is 0.619. The van der Waals surface area contributed by atoms with E-state index in [4.69, 9.17) is 4.74 Å². The SMILES string of the molecule is CO[C@@H]1CC(C)CC[C@H]1C(C)C. The summed E-state index contributed by atoms with van der Waals surface area (Å²) in [6, 6.07) is 0. The first-order valence-electron chi connectivity index (χ1n) is 5.18. The molecule has 0 aliphatic heterocycles. The van der Waals surface area contributed by atoms with Crippen molar-refractivity contribution in [1.82, 2.24) is 0 Å². The molecule has 0 bridgehead atoms. The Kier molecular flexibility index (Phi) is 3.57. The molecular weight excluding hydrogens is 148 g/mol. The van der Waals surface area contributed by atoms with E-state index < -0.39 is 0 Å². The zero-order valence-electron chi connectivity index (χ0n) is 8.84. The zero-order valence-corrected chi connectivity index (χ0v) is 8.84. The van der Waals surface area contributed by atoms with E-state index in [2.05, 4.69) is 20.8 Å². The molecule has 1 aliphatic rings. The van der Waals surface area contributed by atoms with Crippen LogP contribution in [0.5, 0.6) is 0 Å². The van der Waals surface area contributed by atoms with Gasteiger partial charge in [-0.25, -0.2) is 0 Å². The summed E-state index contributed by atoms with van der Waals surface area (Å²) >= 11 is 0. The molecule has 0 spiro atoms. The van der Waals surface area contributed by atoms with E-state index in [1.165, 1.54) is 19.3 Å². The van der Waals surface area contributed by atoms with Gasteiger partial charge in [0.1, 0.15) is 0 Å². The first-order valence-corrected chi connectivity index (χ1v) is 5.18. The van der Waals surface area contributed by atoms with Gasteiger partial charge >= 0.3 is 0 Å². The first-order chi connectivity index (χ1) is 5.65. The molecule has 0 N–H and O–H groups in total. The third kappa shape index (κ3) is 2.22. The van der Waals surface area contributed by atoms with E-state index in [-0.39, 0.29) is 0 Å². The van der Waals surface area contributed by atoms with Gasteiger partial charge in [-0.05, 0) is 30.6 Å². The lowest BCUT2D eigenvalue weighted by molar-refractivity contribution is -0.00982. The minimum atomic E-state index is 0.522. The van der Waals surface area contributed by atoms with Crippen LogP contribution in [0.2, 0.25) is 0 Å². The molecule has 1 nitrogen and oxygen atoms in total. The molecule has 1 fully saturated rings. The summed E-state index contributed by atoms with van der Waals surface area (Å²) in [5.41, 5.74) is 0. The molecule has 1 saturated carbocycles. The van der Waals surface area contributed by atoms with Gasteiger partial charge in [0.25, 0.3) is 0 Å². The van der Waals surface area contributed by atoms with Crippen LogP contribution >= 0.6 is 0 Å². The Hall–Kier alpha value is -0.0400. The van der Waals surface area contributed by atoms with Crippen molar-refractivity contribution in [2.45, 2.75) is 46.1 Å². The maximum atomic E-state index is 5.54. The highest BCUT2D eigenvalue weighted by Crippen LogP contribution is 2.34. The fraction of sp³-hybridized carbons (Fsp3) is 1.00. The van der Waals surface area contributed by atoms with Crippen molar-refractivity contribution in [2.24, 2.45) is 17.8 Å². The third-order valence-electron chi connectivity index (χ3n) is 3.26. The van der Waals surface area contributed by atoms with Gasteiger partial charge in [-0.2, -0.15) is 0 Å². The maximum Gasteiger partial charge on any atom is 0.0604 e. The van der Waals surface area contributed by atoms with Crippen molar-refractivity contribution < 1.29 is 4.74 Å². The molecule has 0 aromatic heterocycles. The highest BCUT2D eigenvalue weighted by molar-refractivity contribution is 4.80.